The number of carbonyl (C=O) groups is 1. The Bertz CT molecular complexity index is 394. The predicted octanol–water partition coefficient (Wildman–Crippen LogP) is 1.62. The number of terminal acetylenes is 1. The Morgan fingerprint density at radius 1 is 1.56 bits per heavy atom. The number of hydrogen-bond acceptors (Lipinski definition) is 3. The van der Waals surface area contributed by atoms with Crippen molar-refractivity contribution < 1.29 is 9.90 Å². The lowest BCUT2D eigenvalue weighted by Gasteiger charge is -2.10. The van der Waals surface area contributed by atoms with Crippen molar-refractivity contribution in [3.05, 3.63) is 24.3 Å². The van der Waals surface area contributed by atoms with Crippen LogP contribution in [-0.2, 0) is 4.79 Å². The zero-order valence-electron chi connectivity index (χ0n) is 8.93. The number of phenolic OH excluding ortho intramolecular Hbond substituents is 1. The van der Waals surface area contributed by atoms with Gasteiger partial charge in [-0.1, -0.05) is 5.92 Å². The van der Waals surface area contributed by atoms with Gasteiger partial charge in [-0.25, -0.2) is 0 Å². The number of thioether (sulfide) groups is 1. The van der Waals surface area contributed by atoms with Gasteiger partial charge in [0.2, 0.25) is 5.91 Å². The van der Waals surface area contributed by atoms with E-state index in [9.17, 15) is 4.79 Å². The van der Waals surface area contributed by atoms with Crippen molar-refractivity contribution >= 4 is 17.7 Å². The van der Waals surface area contributed by atoms with Gasteiger partial charge in [0.1, 0.15) is 5.75 Å². The fourth-order valence-corrected chi connectivity index (χ4v) is 1.96. The zero-order valence-corrected chi connectivity index (χ0v) is 9.75. The molecule has 0 aliphatic rings. The quantitative estimate of drug-likeness (QED) is 0.616. The number of benzene rings is 1. The molecule has 2 N–H and O–H groups in total. The van der Waals surface area contributed by atoms with Crippen molar-refractivity contribution in [2.24, 2.45) is 0 Å². The van der Waals surface area contributed by atoms with Crippen LogP contribution in [0.1, 0.15) is 6.92 Å². The number of nitrogens with one attached hydrogen (secondary N) is 1. The molecule has 1 aromatic rings. The molecule has 0 spiro atoms. The Labute approximate surface area is 99.2 Å². The second kappa shape index (κ2) is 6.09. The molecule has 16 heavy (non-hydrogen) atoms. The molecule has 0 aliphatic carbocycles. The van der Waals surface area contributed by atoms with Gasteiger partial charge in [0, 0.05) is 4.90 Å². The van der Waals surface area contributed by atoms with E-state index in [0.717, 1.165) is 4.90 Å². The van der Waals surface area contributed by atoms with Crippen LogP contribution in [0.4, 0.5) is 0 Å². The molecule has 0 saturated carbocycles. The molecule has 0 radical (unpaired) electrons. The predicted molar refractivity (Wildman–Crippen MR) is 65.3 cm³/mol. The van der Waals surface area contributed by atoms with Crippen molar-refractivity contribution in [3.8, 4) is 18.1 Å². The molecule has 1 atom stereocenters. The number of phenols is 1. The monoisotopic (exact) mass is 235 g/mol. The SMILES string of the molecule is C#CCNC(=O)[C@@H](C)Sc1ccc(O)cc1. The van der Waals surface area contributed by atoms with E-state index in [1.165, 1.54) is 11.8 Å². The minimum Gasteiger partial charge on any atom is -0.508 e. The summed E-state index contributed by atoms with van der Waals surface area (Å²) in [6, 6.07) is 6.72. The van der Waals surface area contributed by atoms with E-state index >= 15 is 0 Å². The highest BCUT2D eigenvalue weighted by atomic mass is 32.2. The molecular weight excluding hydrogens is 222 g/mol. The molecule has 0 unspecified atom stereocenters. The topological polar surface area (TPSA) is 49.3 Å². The Balaban J connectivity index is 2.51. The molecule has 84 valence electrons. The van der Waals surface area contributed by atoms with E-state index in [2.05, 4.69) is 11.2 Å². The molecule has 0 aromatic heterocycles. The van der Waals surface area contributed by atoms with E-state index in [-0.39, 0.29) is 23.5 Å². The first-order chi connectivity index (χ1) is 7.63. The fourth-order valence-electron chi connectivity index (χ4n) is 1.06. The van der Waals surface area contributed by atoms with Crippen LogP contribution in [-0.4, -0.2) is 22.8 Å². The second-order valence-corrected chi connectivity index (χ2v) is 4.59. The average Bonchev–Trinajstić information content (AvgIpc) is 2.29. The summed E-state index contributed by atoms with van der Waals surface area (Å²) in [5.74, 6) is 2.48. The van der Waals surface area contributed by atoms with Gasteiger partial charge in [0.15, 0.2) is 0 Å². The minimum atomic E-state index is -0.210. The summed E-state index contributed by atoms with van der Waals surface area (Å²) in [5, 5.41) is 11.5. The highest BCUT2D eigenvalue weighted by Crippen LogP contribution is 2.24. The van der Waals surface area contributed by atoms with Gasteiger partial charge in [0.05, 0.1) is 11.8 Å². The maximum absolute atomic E-state index is 11.5. The van der Waals surface area contributed by atoms with E-state index in [1.807, 2.05) is 6.92 Å². The molecule has 0 fully saturated rings. The highest BCUT2D eigenvalue weighted by molar-refractivity contribution is 8.00. The van der Waals surface area contributed by atoms with Crippen molar-refractivity contribution in [1.82, 2.24) is 5.32 Å². The molecule has 1 aromatic carbocycles. The number of rotatable bonds is 4. The molecule has 1 rings (SSSR count). The largest absolute Gasteiger partial charge is 0.508 e. The molecule has 0 aliphatic heterocycles. The molecule has 0 bridgehead atoms. The van der Waals surface area contributed by atoms with Gasteiger partial charge in [-0.3, -0.25) is 4.79 Å². The van der Waals surface area contributed by atoms with E-state index in [0.29, 0.717) is 0 Å². The number of aromatic hydroxyl groups is 1. The van der Waals surface area contributed by atoms with Gasteiger partial charge in [0.25, 0.3) is 0 Å². The summed E-state index contributed by atoms with van der Waals surface area (Å²) in [5.41, 5.74) is 0. The first-order valence-corrected chi connectivity index (χ1v) is 5.68. The van der Waals surface area contributed by atoms with Gasteiger partial charge in [-0.15, -0.1) is 18.2 Å². The van der Waals surface area contributed by atoms with Crippen molar-refractivity contribution in [2.45, 2.75) is 17.1 Å². The Morgan fingerprint density at radius 2 is 2.19 bits per heavy atom. The van der Waals surface area contributed by atoms with Crippen molar-refractivity contribution in [2.75, 3.05) is 6.54 Å². The lowest BCUT2D eigenvalue weighted by atomic mass is 10.3. The van der Waals surface area contributed by atoms with E-state index in [1.54, 1.807) is 24.3 Å². The van der Waals surface area contributed by atoms with Crippen molar-refractivity contribution in [1.29, 1.82) is 0 Å². The van der Waals surface area contributed by atoms with Gasteiger partial charge >= 0.3 is 0 Å². The van der Waals surface area contributed by atoms with E-state index < -0.39 is 0 Å². The van der Waals surface area contributed by atoms with Gasteiger partial charge < -0.3 is 10.4 Å². The van der Waals surface area contributed by atoms with Crippen LogP contribution in [0.15, 0.2) is 29.2 Å². The van der Waals surface area contributed by atoms with Crippen LogP contribution in [0.3, 0.4) is 0 Å². The summed E-state index contributed by atoms with van der Waals surface area (Å²) >= 11 is 1.42. The molecule has 3 nitrogen and oxygen atoms in total. The maximum atomic E-state index is 11.5. The number of carbonyl (C=O) groups excluding carboxylic acids is 1. The Morgan fingerprint density at radius 3 is 2.75 bits per heavy atom. The van der Waals surface area contributed by atoms with Crippen molar-refractivity contribution in [3.63, 3.8) is 0 Å². The van der Waals surface area contributed by atoms with Crippen LogP contribution in [0, 0.1) is 12.3 Å². The summed E-state index contributed by atoms with van der Waals surface area (Å²) in [7, 11) is 0. The van der Waals surface area contributed by atoms with Crippen LogP contribution >= 0.6 is 11.8 Å². The van der Waals surface area contributed by atoms with Gasteiger partial charge in [-0.2, -0.15) is 0 Å². The first-order valence-electron chi connectivity index (χ1n) is 4.80. The summed E-state index contributed by atoms with van der Waals surface area (Å²) in [6.07, 6.45) is 5.05. The average molecular weight is 235 g/mol. The smallest absolute Gasteiger partial charge is 0.233 e. The molecule has 0 saturated heterocycles. The van der Waals surface area contributed by atoms with Crippen LogP contribution < -0.4 is 5.32 Å². The minimum absolute atomic E-state index is 0.0870. The molecular formula is C12H13NO2S. The Kier molecular flexibility index (Phi) is 4.74. The second-order valence-electron chi connectivity index (χ2n) is 3.18. The fraction of sp³-hybridized carbons (Fsp3) is 0.250. The normalized spacial score (nSPS) is 11.5. The summed E-state index contributed by atoms with van der Waals surface area (Å²) in [4.78, 5) is 12.4. The highest BCUT2D eigenvalue weighted by Gasteiger charge is 2.13. The van der Waals surface area contributed by atoms with Gasteiger partial charge in [-0.05, 0) is 31.2 Å². The summed E-state index contributed by atoms with van der Waals surface area (Å²) in [6.45, 7) is 2.06. The standard InChI is InChI=1S/C12H13NO2S/c1-3-8-13-12(15)9(2)16-11-6-4-10(14)5-7-11/h1,4-7,9,14H,8H2,2H3,(H,13,15)/t9-/m1/s1. The first kappa shape index (κ1) is 12.5. The third kappa shape index (κ3) is 3.87. The molecule has 1 amide bonds. The summed E-state index contributed by atoms with van der Waals surface area (Å²) < 4.78 is 0. The molecule has 4 heteroatoms. The number of amides is 1. The third-order valence-corrected chi connectivity index (χ3v) is 3.00. The molecule has 0 heterocycles. The van der Waals surface area contributed by atoms with Crippen LogP contribution in [0.25, 0.3) is 0 Å². The van der Waals surface area contributed by atoms with Crippen LogP contribution in [0.5, 0.6) is 5.75 Å². The lowest BCUT2D eigenvalue weighted by Crippen LogP contribution is -2.30. The Hall–Kier alpha value is -1.60. The zero-order chi connectivity index (χ0) is 12.0. The van der Waals surface area contributed by atoms with E-state index in [4.69, 9.17) is 11.5 Å². The van der Waals surface area contributed by atoms with Crippen LogP contribution in [0.2, 0.25) is 0 Å². The third-order valence-electron chi connectivity index (χ3n) is 1.88. The lowest BCUT2D eigenvalue weighted by molar-refractivity contribution is -0.120. The maximum Gasteiger partial charge on any atom is 0.233 e. The number of hydrogen-bond donors (Lipinski definition) is 2.